The second-order valence-corrected chi connectivity index (χ2v) is 7.73. The van der Waals surface area contributed by atoms with Gasteiger partial charge in [-0.15, -0.1) is 11.3 Å². The van der Waals surface area contributed by atoms with Crippen molar-refractivity contribution in [2.24, 2.45) is 0 Å². The maximum Gasteiger partial charge on any atom is 0.261 e. The van der Waals surface area contributed by atoms with Gasteiger partial charge in [-0.2, -0.15) is 0 Å². The SMILES string of the molecule is CCC(=O)N1CCc2sc(C(=O)NCCC3=CCCCC3)cc2C1. The molecule has 130 valence electrons. The quantitative estimate of drug-likeness (QED) is 0.827. The highest BCUT2D eigenvalue weighted by atomic mass is 32.1. The number of amides is 2. The Kier molecular flexibility index (Phi) is 5.72. The fourth-order valence-electron chi connectivity index (χ4n) is 3.44. The van der Waals surface area contributed by atoms with Crippen molar-refractivity contribution in [2.45, 2.75) is 58.4 Å². The van der Waals surface area contributed by atoms with E-state index in [0.29, 0.717) is 19.5 Å². The Morgan fingerprint density at radius 3 is 2.92 bits per heavy atom. The zero-order valence-electron chi connectivity index (χ0n) is 14.4. The van der Waals surface area contributed by atoms with Gasteiger partial charge in [0.1, 0.15) is 0 Å². The molecule has 5 heteroatoms. The maximum absolute atomic E-state index is 12.4. The van der Waals surface area contributed by atoms with Gasteiger partial charge in [0.15, 0.2) is 0 Å². The molecule has 24 heavy (non-hydrogen) atoms. The molecule has 0 radical (unpaired) electrons. The summed E-state index contributed by atoms with van der Waals surface area (Å²) in [4.78, 5) is 28.2. The topological polar surface area (TPSA) is 49.4 Å². The molecule has 0 saturated carbocycles. The number of hydrogen-bond donors (Lipinski definition) is 1. The van der Waals surface area contributed by atoms with Crippen LogP contribution >= 0.6 is 11.3 Å². The van der Waals surface area contributed by atoms with Crippen molar-refractivity contribution in [1.82, 2.24) is 10.2 Å². The minimum atomic E-state index is 0.0270. The monoisotopic (exact) mass is 346 g/mol. The third-order valence-corrected chi connectivity index (χ3v) is 6.10. The molecule has 2 amide bonds. The Balaban J connectivity index is 1.54. The average Bonchev–Trinajstić information content (AvgIpc) is 3.05. The molecule has 1 N–H and O–H groups in total. The van der Waals surface area contributed by atoms with Gasteiger partial charge in [-0.1, -0.05) is 18.6 Å². The molecule has 0 spiro atoms. The number of allylic oxidation sites excluding steroid dienone is 1. The number of carbonyl (C=O) groups is 2. The summed E-state index contributed by atoms with van der Waals surface area (Å²) >= 11 is 1.59. The van der Waals surface area contributed by atoms with Gasteiger partial charge < -0.3 is 10.2 Å². The number of carbonyl (C=O) groups excluding carboxylic acids is 2. The molecule has 1 aromatic heterocycles. The standard InChI is InChI=1S/C19H26N2O2S/c1-2-18(22)21-11-9-16-15(13-21)12-17(24-16)19(23)20-10-8-14-6-4-3-5-7-14/h6,12H,2-5,7-11,13H2,1H3,(H,20,23). The summed E-state index contributed by atoms with van der Waals surface area (Å²) in [6.45, 7) is 4.04. The van der Waals surface area contributed by atoms with E-state index in [2.05, 4.69) is 11.4 Å². The summed E-state index contributed by atoms with van der Waals surface area (Å²) < 4.78 is 0. The lowest BCUT2D eigenvalue weighted by Crippen LogP contribution is -2.34. The second kappa shape index (κ2) is 7.97. The lowest BCUT2D eigenvalue weighted by atomic mass is 9.97. The minimum Gasteiger partial charge on any atom is -0.351 e. The van der Waals surface area contributed by atoms with Gasteiger partial charge in [-0.3, -0.25) is 9.59 Å². The molecule has 1 aliphatic heterocycles. The van der Waals surface area contributed by atoms with E-state index >= 15 is 0 Å². The van der Waals surface area contributed by atoms with Gasteiger partial charge >= 0.3 is 0 Å². The van der Waals surface area contributed by atoms with Gasteiger partial charge in [-0.25, -0.2) is 0 Å². The molecule has 3 rings (SSSR count). The maximum atomic E-state index is 12.4. The van der Waals surface area contributed by atoms with Crippen LogP contribution in [-0.2, 0) is 17.8 Å². The summed E-state index contributed by atoms with van der Waals surface area (Å²) in [5, 5.41) is 3.05. The molecule has 0 saturated heterocycles. The van der Waals surface area contributed by atoms with E-state index in [1.165, 1.54) is 36.1 Å². The van der Waals surface area contributed by atoms with Crippen molar-refractivity contribution in [3.8, 4) is 0 Å². The summed E-state index contributed by atoms with van der Waals surface area (Å²) in [5.74, 6) is 0.220. The minimum absolute atomic E-state index is 0.0270. The van der Waals surface area contributed by atoms with E-state index in [0.717, 1.165) is 29.8 Å². The summed E-state index contributed by atoms with van der Waals surface area (Å²) in [5.41, 5.74) is 2.63. The lowest BCUT2D eigenvalue weighted by molar-refractivity contribution is -0.131. The highest BCUT2D eigenvalue weighted by molar-refractivity contribution is 7.14. The van der Waals surface area contributed by atoms with E-state index in [-0.39, 0.29) is 11.8 Å². The fraction of sp³-hybridized carbons (Fsp3) is 0.579. The summed E-state index contributed by atoms with van der Waals surface area (Å²) in [6.07, 6.45) is 9.67. The van der Waals surface area contributed by atoms with Gasteiger partial charge in [0.05, 0.1) is 4.88 Å². The molecular weight excluding hydrogens is 320 g/mol. The molecule has 0 atom stereocenters. The Labute approximate surface area is 147 Å². The zero-order valence-corrected chi connectivity index (χ0v) is 15.2. The van der Waals surface area contributed by atoms with Crippen LogP contribution in [-0.4, -0.2) is 29.8 Å². The molecular formula is C19H26N2O2S. The van der Waals surface area contributed by atoms with E-state index < -0.39 is 0 Å². The van der Waals surface area contributed by atoms with Crippen molar-refractivity contribution >= 4 is 23.2 Å². The third-order valence-electron chi connectivity index (χ3n) is 4.86. The van der Waals surface area contributed by atoms with Gasteiger partial charge in [0.25, 0.3) is 5.91 Å². The Hall–Kier alpha value is -1.62. The fourth-order valence-corrected chi connectivity index (χ4v) is 4.52. The van der Waals surface area contributed by atoms with Crippen LogP contribution in [0, 0.1) is 0 Å². The Morgan fingerprint density at radius 2 is 2.17 bits per heavy atom. The molecule has 1 aliphatic carbocycles. The first-order valence-electron chi connectivity index (χ1n) is 9.03. The number of nitrogens with one attached hydrogen (secondary N) is 1. The van der Waals surface area contributed by atoms with Crippen LogP contribution in [0.5, 0.6) is 0 Å². The van der Waals surface area contributed by atoms with Crippen molar-refractivity contribution in [3.05, 3.63) is 33.0 Å². The van der Waals surface area contributed by atoms with E-state index in [9.17, 15) is 9.59 Å². The number of nitrogens with zero attached hydrogens (tertiary/aromatic N) is 1. The molecule has 0 bridgehead atoms. The Morgan fingerprint density at radius 1 is 1.29 bits per heavy atom. The van der Waals surface area contributed by atoms with E-state index in [1.54, 1.807) is 11.3 Å². The van der Waals surface area contributed by atoms with Crippen LogP contribution < -0.4 is 5.32 Å². The van der Waals surface area contributed by atoms with Crippen molar-refractivity contribution in [2.75, 3.05) is 13.1 Å². The third kappa shape index (κ3) is 4.07. The molecule has 1 aromatic rings. The first kappa shape index (κ1) is 17.2. The smallest absolute Gasteiger partial charge is 0.261 e. The highest BCUT2D eigenvalue weighted by Crippen LogP contribution is 2.28. The van der Waals surface area contributed by atoms with Crippen LogP contribution in [0.1, 0.15) is 65.6 Å². The Bertz CT molecular complexity index is 648. The second-order valence-electron chi connectivity index (χ2n) is 6.59. The zero-order chi connectivity index (χ0) is 16.9. The van der Waals surface area contributed by atoms with Crippen molar-refractivity contribution in [3.63, 3.8) is 0 Å². The largest absolute Gasteiger partial charge is 0.351 e. The first-order chi connectivity index (χ1) is 11.7. The average molecular weight is 346 g/mol. The number of thiophene rings is 1. The van der Waals surface area contributed by atoms with Gasteiger partial charge in [0, 0.05) is 30.9 Å². The molecule has 0 fully saturated rings. The molecule has 0 aromatic carbocycles. The van der Waals surface area contributed by atoms with E-state index in [1.807, 2.05) is 17.9 Å². The van der Waals surface area contributed by atoms with Crippen LogP contribution in [0.4, 0.5) is 0 Å². The van der Waals surface area contributed by atoms with Crippen LogP contribution in [0.15, 0.2) is 17.7 Å². The normalized spacial score (nSPS) is 17.2. The molecule has 2 aliphatic rings. The van der Waals surface area contributed by atoms with Crippen molar-refractivity contribution in [1.29, 1.82) is 0 Å². The van der Waals surface area contributed by atoms with Crippen LogP contribution in [0.25, 0.3) is 0 Å². The van der Waals surface area contributed by atoms with Crippen LogP contribution in [0.3, 0.4) is 0 Å². The highest BCUT2D eigenvalue weighted by Gasteiger charge is 2.23. The van der Waals surface area contributed by atoms with Gasteiger partial charge in [0.2, 0.25) is 5.91 Å². The lowest BCUT2D eigenvalue weighted by Gasteiger charge is -2.26. The summed E-state index contributed by atoms with van der Waals surface area (Å²) in [7, 11) is 0. The number of hydrogen-bond acceptors (Lipinski definition) is 3. The predicted octanol–water partition coefficient (Wildman–Crippen LogP) is 3.66. The predicted molar refractivity (Wildman–Crippen MR) is 97.2 cm³/mol. The summed E-state index contributed by atoms with van der Waals surface area (Å²) in [6, 6.07) is 1.98. The molecule has 0 unspecified atom stereocenters. The molecule has 2 heterocycles. The van der Waals surface area contributed by atoms with Crippen molar-refractivity contribution < 1.29 is 9.59 Å². The number of rotatable bonds is 5. The number of fused-ring (bicyclic) bond motifs is 1. The van der Waals surface area contributed by atoms with E-state index in [4.69, 9.17) is 0 Å². The first-order valence-corrected chi connectivity index (χ1v) is 9.84. The molecule has 4 nitrogen and oxygen atoms in total. The van der Waals surface area contributed by atoms with Gasteiger partial charge in [-0.05, 0) is 50.2 Å². The van der Waals surface area contributed by atoms with Crippen LogP contribution in [0.2, 0.25) is 0 Å².